The maximum absolute atomic E-state index is 13.6. The number of methoxy groups -OCH3 is 1. The van der Waals surface area contributed by atoms with E-state index in [1.807, 2.05) is 0 Å². The van der Waals surface area contributed by atoms with Gasteiger partial charge in [0.25, 0.3) is 5.91 Å². The van der Waals surface area contributed by atoms with E-state index in [4.69, 9.17) is 16.3 Å². The molecule has 2 rings (SSSR count). The number of halogens is 2. The van der Waals surface area contributed by atoms with E-state index in [0.29, 0.717) is 18.0 Å². The van der Waals surface area contributed by atoms with Crippen LogP contribution in [-0.2, 0) is 0 Å². The van der Waals surface area contributed by atoms with Crippen LogP contribution in [0.5, 0.6) is 5.75 Å². The van der Waals surface area contributed by atoms with E-state index in [-0.39, 0.29) is 17.7 Å². The van der Waals surface area contributed by atoms with Crippen molar-refractivity contribution in [1.29, 1.82) is 0 Å². The summed E-state index contributed by atoms with van der Waals surface area (Å²) in [7, 11) is 1.39. The summed E-state index contributed by atoms with van der Waals surface area (Å²) in [6.07, 6.45) is 2.00. The van der Waals surface area contributed by atoms with Gasteiger partial charge in [0.05, 0.1) is 7.11 Å². The first kappa shape index (κ1) is 13.1. The van der Waals surface area contributed by atoms with Crippen molar-refractivity contribution in [3.63, 3.8) is 0 Å². The van der Waals surface area contributed by atoms with Gasteiger partial charge in [-0.2, -0.15) is 0 Å². The standard InChI is InChI=1S/C13H15ClFNO2/c1-18-12-5-2-9(8-11(12)15)13(17)16(7-6-14)10-3-4-10/h2,5,8,10H,3-4,6-7H2,1H3. The molecule has 0 spiro atoms. The van der Waals surface area contributed by atoms with Crippen molar-refractivity contribution in [2.75, 3.05) is 19.5 Å². The number of carbonyl (C=O) groups is 1. The second-order valence-electron chi connectivity index (χ2n) is 4.27. The van der Waals surface area contributed by atoms with Crippen LogP contribution in [0.15, 0.2) is 18.2 Å². The molecule has 0 unspecified atom stereocenters. The SMILES string of the molecule is COc1ccc(C(=O)N(CCCl)C2CC2)cc1F. The third-order valence-electron chi connectivity index (χ3n) is 2.97. The highest BCUT2D eigenvalue weighted by molar-refractivity contribution is 6.18. The maximum Gasteiger partial charge on any atom is 0.254 e. The van der Waals surface area contributed by atoms with Crippen molar-refractivity contribution in [3.8, 4) is 5.75 Å². The first-order valence-electron chi connectivity index (χ1n) is 5.88. The minimum atomic E-state index is -0.523. The lowest BCUT2D eigenvalue weighted by molar-refractivity contribution is 0.0753. The van der Waals surface area contributed by atoms with Gasteiger partial charge in [-0.1, -0.05) is 0 Å². The molecular weight excluding hydrogens is 257 g/mol. The lowest BCUT2D eigenvalue weighted by Gasteiger charge is -2.21. The molecular formula is C13H15ClFNO2. The molecule has 0 aromatic heterocycles. The Kier molecular flexibility index (Phi) is 4.07. The smallest absolute Gasteiger partial charge is 0.254 e. The van der Waals surface area contributed by atoms with Gasteiger partial charge >= 0.3 is 0 Å². The number of rotatable bonds is 5. The molecule has 0 heterocycles. The van der Waals surface area contributed by atoms with Gasteiger partial charge in [-0.25, -0.2) is 4.39 Å². The summed E-state index contributed by atoms with van der Waals surface area (Å²) < 4.78 is 18.4. The molecule has 1 fully saturated rings. The van der Waals surface area contributed by atoms with E-state index in [1.54, 1.807) is 11.0 Å². The molecule has 0 bridgehead atoms. The Bertz CT molecular complexity index is 449. The number of carbonyl (C=O) groups excluding carboxylic acids is 1. The van der Waals surface area contributed by atoms with Gasteiger partial charge in [-0.05, 0) is 31.0 Å². The number of ether oxygens (including phenoxy) is 1. The molecule has 1 amide bonds. The molecule has 0 aliphatic heterocycles. The zero-order chi connectivity index (χ0) is 13.1. The van der Waals surface area contributed by atoms with Crippen molar-refractivity contribution in [3.05, 3.63) is 29.6 Å². The van der Waals surface area contributed by atoms with E-state index in [0.717, 1.165) is 12.8 Å². The zero-order valence-electron chi connectivity index (χ0n) is 10.2. The summed E-state index contributed by atoms with van der Waals surface area (Å²) in [5.41, 5.74) is 0.338. The predicted octanol–water partition coefficient (Wildman–Crippen LogP) is 2.68. The summed E-state index contributed by atoms with van der Waals surface area (Å²) in [4.78, 5) is 13.9. The summed E-state index contributed by atoms with van der Waals surface area (Å²) in [5.74, 6) is -0.160. The fraction of sp³-hybridized carbons (Fsp3) is 0.462. The van der Waals surface area contributed by atoms with Gasteiger partial charge in [-0.3, -0.25) is 4.79 Å². The summed E-state index contributed by atoms with van der Waals surface area (Å²) in [6, 6.07) is 4.52. The maximum atomic E-state index is 13.6. The van der Waals surface area contributed by atoms with Crippen molar-refractivity contribution in [2.45, 2.75) is 18.9 Å². The molecule has 5 heteroatoms. The van der Waals surface area contributed by atoms with E-state index >= 15 is 0 Å². The fourth-order valence-corrected chi connectivity index (χ4v) is 2.07. The van der Waals surface area contributed by atoms with E-state index in [2.05, 4.69) is 0 Å². The van der Waals surface area contributed by atoms with Crippen LogP contribution in [0.3, 0.4) is 0 Å². The highest BCUT2D eigenvalue weighted by Gasteiger charge is 2.32. The van der Waals surface area contributed by atoms with Crippen LogP contribution in [0, 0.1) is 5.82 Å². The molecule has 98 valence electrons. The van der Waals surface area contributed by atoms with Gasteiger partial charge in [0.15, 0.2) is 11.6 Å². The molecule has 1 aromatic rings. The van der Waals surface area contributed by atoms with Gasteiger partial charge in [0.2, 0.25) is 0 Å². The zero-order valence-corrected chi connectivity index (χ0v) is 10.9. The molecule has 1 saturated carbocycles. The van der Waals surface area contributed by atoms with E-state index in [1.165, 1.54) is 19.2 Å². The van der Waals surface area contributed by atoms with Gasteiger partial charge in [0, 0.05) is 24.0 Å². The molecule has 0 radical (unpaired) electrons. The Balaban J connectivity index is 2.18. The highest BCUT2D eigenvalue weighted by Crippen LogP contribution is 2.29. The van der Waals surface area contributed by atoms with Crippen LogP contribution in [0.2, 0.25) is 0 Å². The normalized spacial score (nSPS) is 14.4. The number of nitrogens with zero attached hydrogens (tertiary/aromatic N) is 1. The molecule has 3 nitrogen and oxygen atoms in total. The Labute approximate surface area is 110 Å². The monoisotopic (exact) mass is 271 g/mol. The second kappa shape index (κ2) is 5.57. The summed E-state index contributed by atoms with van der Waals surface area (Å²) >= 11 is 5.69. The molecule has 0 saturated heterocycles. The first-order chi connectivity index (χ1) is 8.67. The molecule has 0 atom stereocenters. The van der Waals surface area contributed by atoms with Gasteiger partial charge in [-0.15, -0.1) is 11.6 Å². The van der Waals surface area contributed by atoms with Crippen molar-refractivity contribution >= 4 is 17.5 Å². The Morgan fingerprint density at radius 1 is 1.56 bits per heavy atom. The van der Waals surface area contributed by atoms with Crippen LogP contribution in [0.1, 0.15) is 23.2 Å². The Hall–Kier alpha value is -1.29. The molecule has 0 N–H and O–H groups in total. The average Bonchev–Trinajstić information content (AvgIpc) is 3.19. The van der Waals surface area contributed by atoms with Crippen LogP contribution in [-0.4, -0.2) is 36.4 Å². The minimum Gasteiger partial charge on any atom is -0.494 e. The van der Waals surface area contributed by atoms with Crippen LogP contribution >= 0.6 is 11.6 Å². The van der Waals surface area contributed by atoms with Crippen molar-refractivity contribution in [2.24, 2.45) is 0 Å². The topological polar surface area (TPSA) is 29.5 Å². The fourth-order valence-electron chi connectivity index (χ4n) is 1.89. The van der Waals surface area contributed by atoms with Crippen molar-refractivity contribution in [1.82, 2.24) is 4.90 Å². The number of benzene rings is 1. The minimum absolute atomic E-state index is 0.141. The van der Waals surface area contributed by atoms with E-state index in [9.17, 15) is 9.18 Å². The van der Waals surface area contributed by atoms with Crippen molar-refractivity contribution < 1.29 is 13.9 Å². The third kappa shape index (κ3) is 2.75. The lowest BCUT2D eigenvalue weighted by Crippen LogP contribution is -2.34. The Morgan fingerprint density at radius 2 is 2.28 bits per heavy atom. The van der Waals surface area contributed by atoms with Gasteiger partial charge in [0.1, 0.15) is 0 Å². The number of amides is 1. The van der Waals surface area contributed by atoms with Gasteiger partial charge < -0.3 is 9.64 Å². The summed E-state index contributed by atoms with van der Waals surface area (Å²) in [6.45, 7) is 0.499. The van der Waals surface area contributed by atoms with E-state index < -0.39 is 5.82 Å². The Morgan fingerprint density at radius 3 is 2.78 bits per heavy atom. The average molecular weight is 272 g/mol. The number of alkyl halides is 1. The third-order valence-corrected chi connectivity index (χ3v) is 3.14. The molecule has 1 aliphatic carbocycles. The van der Waals surface area contributed by atoms with Crippen LogP contribution in [0.25, 0.3) is 0 Å². The summed E-state index contributed by atoms with van der Waals surface area (Å²) in [5, 5.41) is 0. The first-order valence-corrected chi connectivity index (χ1v) is 6.41. The van der Waals surface area contributed by atoms with Crippen LogP contribution in [0.4, 0.5) is 4.39 Å². The molecule has 1 aromatic carbocycles. The quantitative estimate of drug-likeness (QED) is 0.771. The largest absolute Gasteiger partial charge is 0.494 e. The lowest BCUT2D eigenvalue weighted by atomic mass is 10.1. The molecule has 1 aliphatic rings. The second-order valence-corrected chi connectivity index (χ2v) is 4.65. The number of hydrogen-bond acceptors (Lipinski definition) is 2. The number of hydrogen-bond donors (Lipinski definition) is 0. The highest BCUT2D eigenvalue weighted by atomic mass is 35.5. The predicted molar refractivity (Wildman–Crippen MR) is 67.7 cm³/mol. The van der Waals surface area contributed by atoms with Crippen LogP contribution < -0.4 is 4.74 Å². The molecule has 18 heavy (non-hydrogen) atoms.